The Bertz CT molecular complexity index is 1040. The molecule has 1 aromatic heterocycles. The van der Waals surface area contributed by atoms with Crippen LogP contribution in [0.2, 0.25) is 0 Å². The number of aryl methyl sites for hydroxylation is 2. The lowest BCUT2D eigenvalue weighted by molar-refractivity contribution is -0.116. The first-order chi connectivity index (χ1) is 13.5. The van der Waals surface area contributed by atoms with E-state index in [2.05, 4.69) is 10.3 Å². The molecule has 1 N–H and O–H groups in total. The maximum absolute atomic E-state index is 12.4. The zero-order valence-electron chi connectivity index (χ0n) is 16.2. The smallest absolute Gasteiger partial charge is 0.254 e. The number of hydrogen-bond donors (Lipinski definition) is 1. The normalized spacial score (nSPS) is 10.5. The van der Waals surface area contributed by atoms with E-state index in [1.165, 1.54) is 17.0 Å². The summed E-state index contributed by atoms with van der Waals surface area (Å²) in [5.74, 6) is 0.489. The summed E-state index contributed by atoms with van der Waals surface area (Å²) in [6, 6.07) is 14.5. The Morgan fingerprint density at radius 3 is 2.46 bits per heavy atom. The van der Waals surface area contributed by atoms with Crippen LogP contribution in [0, 0.1) is 13.8 Å². The molecule has 0 saturated carbocycles. The molecule has 0 unspecified atom stereocenters. The molecule has 0 aliphatic carbocycles. The van der Waals surface area contributed by atoms with Gasteiger partial charge in [0.1, 0.15) is 12.3 Å². The van der Waals surface area contributed by atoms with Crippen LogP contribution in [0.1, 0.15) is 18.1 Å². The minimum atomic E-state index is -0.283. The molecule has 6 heteroatoms. The summed E-state index contributed by atoms with van der Waals surface area (Å²) in [7, 11) is 0. The molecule has 3 rings (SSSR count). The molecular weight excluding hydrogens is 354 g/mol. The van der Waals surface area contributed by atoms with Crippen molar-refractivity contribution in [3.63, 3.8) is 0 Å². The van der Waals surface area contributed by atoms with E-state index in [1.807, 2.05) is 63.2 Å². The number of ether oxygens (including phenoxy) is 1. The van der Waals surface area contributed by atoms with Gasteiger partial charge in [0.05, 0.1) is 18.6 Å². The van der Waals surface area contributed by atoms with Crippen molar-refractivity contribution < 1.29 is 9.53 Å². The summed E-state index contributed by atoms with van der Waals surface area (Å²) in [6.07, 6.45) is 1.40. The molecule has 6 nitrogen and oxygen atoms in total. The molecular formula is C22H23N3O3. The molecule has 0 saturated heterocycles. The molecule has 0 radical (unpaired) electrons. The molecule has 144 valence electrons. The Labute approximate surface area is 163 Å². The first-order valence-electron chi connectivity index (χ1n) is 9.13. The number of benzene rings is 2. The molecule has 0 spiro atoms. The van der Waals surface area contributed by atoms with Crippen LogP contribution in [0.3, 0.4) is 0 Å². The van der Waals surface area contributed by atoms with E-state index in [0.717, 1.165) is 22.4 Å². The number of hydrogen-bond acceptors (Lipinski definition) is 4. The average molecular weight is 377 g/mol. The number of amides is 1. The van der Waals surface area contributed by atoms with Gasteiger partial charge >= 0.3 is 0 Å². The lowest BCUT2D eigenvalue weighted by Gasteiger charge is -2.10. The Balaban J connectivity index is 1.70. The largest absolute Gasteiger partial charge is 0.494 e. The SMILES string of the molecule is CCOc1ccc(-c2cc(=O)n(CC(=O)Nc3ccc(C)c(C)c3)cn2)cc1. The predicted molar refractivity (Wildman–Crippen MR) is 110 cm³/mol. The highest BCUT2D eigenvalue weighted by Crippen LogP contribution is 2.19. The van der Waals surface area contributed by atoms with Crippen LogP contribution in [-0.4, -0.2) is 22.1 Å². The monoisotopic (exact) mass is 377 g/mol. The fraction of sp³-hybridized carbons (Fsp3) is 0.227. The van der Waals surface area contributed by atoms with Gasteiger partial charge in [0.2, 0.25) is 5.91 Å². The lowest BCUT2D eigenvalue weighted by Crippen LogP contribution is -2.27. The minimum absolute atomic E-state index is 0.0949. The Kier molecular flexibility index (Phi) is 5.89. The second-order valence-corrected chi connectivity index (χ2v) is 6.54. The number of nitrogens with zero attached hydrogens (tertiary/aromatic N) is 2. The summed E-state index contributed by atoms with van der Waals surface area (Å²) in [6.45, 7) is 6.42. The van der Waals surface area contributed by atoms with Crippen molar-refractivity contribution in [2.24, 2.45) is 0 Å². The minimum Gasteiger partial charge on any atom is -0.494 e. The first kappa shape index (κ1) is 19.4. The topological polar surface area (TPSA) is 73.2 Å². The van der Waals surface area contributed by atoms with E-state index in [4.69, 9.17) is 4.74 Å². The molecule has 1 heterocycles. The Hall–Kier alpha value is -3.41. The highest BCUT2D eigenvalue weighted by atomic mass is 16.5. The van der Waals surface area contributed by atoms with Gasteiger partial charge < -0.3 is 10.1 Å². The van der Waals surface area contributed by atoms with Gasteiger partial charge in [0.15, 0.2) is 0 Å². The molecule has 0 atom stereocenters. The van der Waals surface area contributed by atoms with Gasteiger partial charge in [-0.15, -0.1) is 0 Å². The van der Waals surface area contributed by atoms with E-state index in [0.29, 0.717) is 18.0 Å². The summed E-state index contributed by atoms with van der Waals surface area (Å²) in [5, 5.41) is 2.81. The molecule has 0 aliphatic heterocycles. The van der Waals surface area contributed by atoms with Crippen molar-refractivity contribution in [3.05, 3.63) is 76.3 Å². The molecule has 1 amide bonds. The third-order valence-electron chi connectivity index (χ3n) is 4.45. The molecule has 3 aromatic rings. The van der Waals surface area contributed by atoms with Crippen LogP contribution >= 0.6 is 0 Å². The van der Waals surface area contributed by atoms with Crippen molar-refractivity contribution in [3.8, 4) is 17.0 Å². The second-order valence-electron chi connectivity index (χ2n) is 6.54. The highest BCUT2D eigenvalue weighted by Gasteiger charge is 2.08. The Morgan fingerprint density at radius 1 is 1.07 bits per heavy atom. The molecule has 0 fully saturated rings. The zero-order valence-corrected chi connectivity index (χ0v) is 16.2. The van der Waals surface area contributed by atoms with Gasteiger partial charge in [-0.2, -0.15) is 0 Å². The predicted octanol–water partition coefficient (Wildman–Crippen LogP) is 3.56. The highest BCUT2D eigenvalue weighted by molar-refractivity contribution is 5.90. The van der Waals surface area contributed by atoms with Crippen LogP contribution in [0.4, 0.5) is 5.69 Å². The fourth-order valence-corrected chi connectivity index (χ4v) is 2.77. The van der Waals surface area contributed by atoms with Gasteiger partial charge in [-0.05, 0) is 68.3 Å². The number of carbonyl (C=O) groups is 1. The van der Waals surface area contributed by atoms with Crippen LogP contribution in [0.25, 0.3) is 11.3 Å². The number of aromatic nitrogens is 2. The quantitative estimate of drug-likeness (QED) is 0.713. The van der Waals surface area contributed by atoms with Crippen molar-refractivity contribution in [2.45, 2.75) is 27.3 Å². The average Bonchev–Trinajstić information content (AvgIpc) is 2.67. The summed E-state index contributed by atoms with van der Waals surface area (Å²) in [5.41, 5.74) is 4.04. The maximum Gasteiger partial charge on any atom is 0.254 e. The van der Waals surface area contributed by atoms with Gasteiger partial charge in [-0.25, -0.2) is 4.98 Å². The van der Waals surface area contributed by atoms with Gasteiger partial charge in [-0.1, -0.05) is 6.07 Å². The van der Waals surface area contributed by atoms with E-state index < -0.39 is 0 Å². The van der Waals surface area contributed by atoms with Crippen molar-refractivity contribution in [1.82, 2.24) is 9.55 Å². The Morgan fingerprint density at radius 2 is 1.82 bits per heavy atom. The van der Waals surface area contributed by atoms with Gasteiger partial charge in [-0.3, -0.25) is 14.2 Å². The number of anilines is 1. The van der Waals surface area contributed by atoms with Gasteiger partial charge in [0.25, 0.3) is 5.56 Å². The zero-order chi connectivity index (χ0) is 20.1. The summed E-state index contributed by atoms with van der Waals surface area (Å²) < 4.78 is 6.70. The van der Waals surface area contributed by atoms with Crippen LogP contribution in [-0.2, 0) is 11.3 Å². The standard InChI is InChI=1S/C22H23N3O3/c1-4-28-19-9-6-17(7-10-19)20-12-22(27)25(14-23-20)13-21(26)24-18-8-5-15(2)16(3)11-18/h5-12,14H,4,13H2,1-3H3,(H,24,26). The summed E-state index contributed by atoms with van der Waals surface area (Å²) in [4.78, 5) is 29.0. The molecule has 2 aromatic carbocycles. The fourth-order valence-electron chi connectivity index (χ4n) is 2.77. The molecule has 0 bridgehead atoms. The van der Waals surface area contributed by atoms with Crippen LogP contribution in [0.15, 0.2) is 59.7 Å². The second kappa shape index (κ2) is 8.52. The van der Waals surface area contributed by atoms with E-state index in [1.54, 1.807) is 0 Å². The first-order valence-corrected chi connectivity index (χ1v) is 9.13. The van der Waals surface area contributed by atoms with Gasteiger partial charge in [0, 0.05) is 17.3 Å². The van der Waals surface area contributed by atoms with E-state index in [9.17, 15) is 9.59 Å². The van der Waals surface area contributed by atoms with E-state index in [-0.39, 0.29) is 18.0 Å². The number of rotatable bonds is 6. The van der Waals surface area contributed by atoms with Crippen molar-refractivity contribution in [2.75, 3.05) is 11.9 Å². The number of nitrogens with one attached hydrogen (secondary N) is 1. The lowest BCUT2D eigenvalue weighted by atomic mass is 10.1. The van der Waals surface area contributed by atoms with Crippen LogP contribution in [0.5, 0.6) is 5.75 Å². The summed E-state index contributed by atoms with van der Waals surface area (Å²) >= 11 is 0. The van der Waals surface area contributed by atoms with Crippen molar-refractivity contribution in [1.29, 1.82) is 0 Å². The molecule has 28 heavy (non-hydrogen) atoms. The maximum atomic E-state index is 12.4. The van der Waals surface area contributed by atoms with Crippen molar-refractivity contribution >= 4 is 11.6 Å². The van der Waals surface area contributed by atoms with E-state index >= 15 is 0 Å². The van der Waals surface area contributed by atoms with Crippen LogP contribution < -0.4 is 15.6 Å². The molecule has 0 aliphatic rings. The third kappa shape index (κ3) is 4.65. The third-order valence-corrected chi connectivity index (χ3v) is 4.45. The number of carbonyl (C=O) groups excluding carboxylic acids is 1.